The second-order valence-electron chi connectivity index (χ2n) is 4.07. The van der Waals surface area contributed by atoms with Gasteiger partial charge in [0.2, 0.25) is 0 Å². The molecule has 4 heteroatoms. The molecule has 0 aliphatic rings. The molecule has 0 fully saturated rings. The van der Waals surface area contributed by atoms with Gasteiger partial charge in [-0.3, -0.25) is 4.79 Å². The van der Waals surface area contributed by atoms with E-state index in [1.807, 2.05) is 0 Å². The van der Waals surface area contributed by atoms with E-state index in [1.54, 1.807) is 25.1 Å². The van der Waals surface area contributed by atoms with E-state index in [0.717, 1.165) is 0 Å². The van der Waals surface area contributed by atoms with Crippen LogP contribution in [0.1, 0.15) is 23.7 Å². The lowest BCUT2D eigenvalue weighted by molar-refractivity contribution is 0.0989. The van der Waals surface area contributed by atoms with Crippen molar-refractivity contribution in [2.75, 3.05) is 0 Å². The molecule has 0 saturated heterocycles. The van der Waals surface area contributed by atoms with Crippen molar-refractivity contribution in [3.63, 3.8) is 0 Å². The summed E-state index contributed by atoms with van der Waals surface area (Å²) in [5.74, 6) is -0.482. The highest BCUT2D eigenvalue weighted by Gasteiger charge is 2.15. The first kappa shape index (κ1) is 14.0. The van der Waals surface area contributed by atoms with Gasteiger partial charge in [-0.15, -0.1) is 0 Å². The van der Waals surface area contributed by atoms with E-state index < -0.39 is 5.82 Å². The van der Waals surface area contributed by atoms with Crippen LogP contribution in [0.3, 0.4) is 0 Å². The van der Waals surface area contributed by atoms with Crippen LogP contribution in [0, 0.1) is 5.82 Å². The number of hydrogen-bond donors (Lipinski definition) is 0. The van der Waals surface area contributed by atoms with Crippen LogP contribution in [0.25, 0.3) is 11.1 Å². The zero-order chi connectivity index (χ0) is 14.0. The van der Waals surface area contributed by atoms with Crippen LogP contribution in [-0.4, -0.2) is 5.78 Å². The fourth-order valence-electron chi connectivity index (χ4n) is 1.88. The van der Waals surface area contributed by atoms with Crippen molar-refractivity contribution in [1.29, 1.82) is 0 Å². The Morgan fingerprint density at radius 2 is 1.89 bits per heavy atom. The lowest BCUT2D eigenvalue weighted by Gasteiger charge is -2.11. The Kier molecular flexibility index (Phi) is 4.23. The summed E-state index contributed by atoms with van der Waals surface area (Å²) in [6.45, 7) is 1.76. The van der Waals surface area contributed by atoms with Gasteiger partial charge in [0, 0.05) is 17.5 Å². The molecular formula is C15H11Cl2FO. The maximum absolute atomic E-state index is 13.4. The molecule has 98 valence electrons. The summed E-state index contributed by atoms with van der Waals surface area (Å²) in [6.07, 6.45) is 0.344. The van der Waals surface area contributed by atoms with Crippen LogP contribution in [0.2, 0.25) is 10.0 Å². The maximum atomic E-state index is 13.4. The van der Waals surface area contributed by atoms with E-state index >= 15 is 0 Å². The molecule has 0 heterocycles. The van der Waals surface area contributed by atoms with Gasteiger partial charge in [0.25, 0.3) is 0 Å². The SMILES string of the molecule is CCC(=O)c1ccc(F)cc1-c1cccc(Cl)c1Cl. The molecule has 0 radical (unpaired) electrons. The second-order valence-corrected chi connectivity index (χ2v) is 4.85. The van der Waals surface area contributed by atoms with Crippen molar-refractivity contribution >= 4 is 29.0 Å². The number of hydrogen-bond acceptors (Lipinski definition) is 1. The Morgan fingerprint density at radius 1 is 1.16 bits per heavy atom. The van der Waals surface area contributed by atoms with E-state index in [-0.39, 0.29) is 5.78 Å². The first-order valence-corrected chi connectivity index (χ1v) is 6.57. The smallest absolute Gasteiger partial charge is 0.163 e. The van der Waals surface area contributed by atoms with Gasteiger partial charge in [0.15, 0.2) is 5.78 Å². The summed E-state index contributed by atoms with van der Waals surface area (Å²) in [7, 11) is 0. The Balaban J connectivity index is 2.70. The first-order chi connectivity index (χ1) is 9.04. The van der Waals surface area contributed by atoms with Crippen molar-refractivity contribution < 1.29 is 9.18 Å². The number of carbonyl (C=O) groups is 1. The number of ketones is 1. The largest absolute Gasteiger partial charge is 0.294 e. The minimum absolute atomic E-state index is 0.0638. The molecule has 0 aliphatic carbocycles. The zero-order valence-electron chi connectivity index (χ0n) is 10.2. The van der Waals surface area contributed by atoms with E-state index in [4.69, 9.17) is 23.2 Å². The Hall–Kier alpha value is -1.38. The molecule has 2 aromatic carbocycles. The van der Waals surface area contributed by atoms with Crippen LogP contribution in [0.4, 0.5) is 4.39 Å². The van der Waals surface area contributed by atoms with Crippen molar-refractivity contribution in [2.24, 2.45) is 0 Å². The van der Waals surface area contributed by atoms with E-state index in [9.17, 15) is 9.18 Å². The number of benzene rings is 2. The standard InChI is InChI=1S/C15H11Cl2FO/c1-2-14(19)10-7-6-9(18)8-12(10)11-4-3-5-13(16)15(11)17/h3-8H,2H2,1H3. The quantitative estimate of drug-likeness (QED) is 0.694. The van der Waals surface area contributed by atoms with Crippen molar-refractivity contribution in [3.05, 3.63) is 57.8 Å². The molecule has 2 rings (SSSR count). The number of halogens is 3. The summed E-state index contributed by atoms with van der Waals surface area (Å²) in [4.78, 5) is 11.9. The van der Waals surface area contributed by atoms with Crippen molar-refractivity contribution in [2.45, 2.75) is 13.3 Å². The fraction of sp³-hybridized carbons (Fsp3) is 0.133. The minimum atomic E-state index is -0.418. The molecule has 0 spiro atoms. The van der Waals surface area contributed by atoms with Gasteiger partial charge in [-0.2, -0.15) is 0 Å². The summed E-state index contributed by atoms with van der Waals surface area (Å²) < 4.78 is 13.4. The van der Waals surface area contributed by atoms with Gasteiger partial charge in [-0.05, 0) is 29.8 Å². The molecule has 0 aliphatic heterocycles. The van der Waals surface area contributed by atoms with E-state index in [0.29, 0.717) is 33.2 Å². The molecular weight excluding hydrogens is 286 g/mol. The van der Waals surface area contributed by atoms with Gasteiger partial charge < -0.3 is 0 Å². The van der Waals surface area contributed by atoms with Crippen LogP contribution in [-0.2, 0) is 0 Å². The fourth-order valence-corrected chi connectivity index (χ4v) is 2.29. The monoisotopic (exact) mass is 296 g/mol. The highest BCUT2D eigenvalue weighted by Crippen LogP contribution is 2.35. The van der Waals surface area contributed by atoms with Crippen LogP contribution in [0.15, 0.2) is 36.4 Å². The lowest BCUT2D eigenvalue weighted by Crippen LogP contribution is -2.00. The van der Waals surface area contributed by atoms with Gasteiger partial charge in [-0.1, -0.05) is 42.3 Å². The molecule has 0 bridgehead atoms. The topological polar surface area (TPSA) is 17.1 Å². The molecule has 2 aromatic rings. The molecule has 0 amide bonds. The maximum Gasteiger partial charge on any atom is 0.163 e. The normalized spacial score (nSPS) is 10.5. The Labute approximate surface area is 121 Å². The molecule has 19 heavy (non-hydrogen) atoms. The van der Waals surface area contributed by atoms with Crippen LogP contribution < -0.4 is 0 Å². The molecule has 0 unspecified atom stereocenters. The summed E-state index contributed by atoms with van der Waals surface area (Å²) in [5, 5.41) is 0.693. The average molecular weight is 297 g/mol. The average Bonchev–Trinajstić information content (AvgIpc) is 2.41. The van der Waals surface area contributed by atoms with Crippen LogP contribution in [0.5, 0.6) is 0 Å². The number of carbonyl (C=O) groups excluding carboxylic acids is 1. The number of Topliss-reactive ketones (excluding diaryl/α,β-unsaturated/α-hetero) is 1. The second kappa shape index (κ2) is 5.72. The molecule has 0 N–H and O–H groups in total. The van der Waals surface area contributed by atoms with Crippen LogP contribution >= 0.6 is 23.2 Å². The highest BCUT2D eigenvalue weighted by atomic mass is 35.5. The van der Waals surface area contributed by atoms with Crippen molar-refractivity contribution in [1.82, 2.24) is 0 Å². The minimum Gasteiger partial charge on any atom is -0.294 e. The first-order valence-electron chi connectivity index (χ1n) is 5.81. The third kappa shape index (κ3) is 2.80. The van der Waals surface area contributed by atoms with E-state index in [1.165, 1.54) is 18.2 Å². The molecule has 0 saturated carbocycles. The number of rotatable bonds is 3. The predicted molar refractivity (Wildman–Crippen MR) is 76.5 cm³/mol. The molecule has 1 nitrogen and oxygen atoms in total. The third-order valence-corrected chi connectivity index (χ3v) is 3.66. The van der Waals surface area contributed by atoms with Gasteiger partial charge >= 0.3 is 0 Å². The predicted octanol–water partition coefficient (Wildman–Crippen LogP) is 5.39. The Morgan fingerprint density at radius 3 is 2.58 bits per heavy atom. The zero-order valence-corrected chi connectivity index (χ0v) is 11.7. The van der Waals surface area contributed by atoms with Gasteiger partial charge in [0.05, 0.1) is 10.0 Å². The molecule has 0 atom stereocenters. The van der Waals surface area contributed by atoms with E-state index in [2.05, 4.69) is 0 Å². The summed E-state index contributed by atoms with van der Waals surface area (Å²) >= 11 is 12.1. The highest BCUT2D eigenvalue weighted by molar-refractivity contribution is 6.43. The molecule has 0 aromatic heterocycles. The summed E-state index contributed by atoms with van der Waals surface area (Å²) in [5.41, 5.74) is 1.48. The van der Waals surface area contributed by atoms with Gasteiger partial charge in [0.1, 0.15) is 5.82 Å². The third-order valence-electron chi connectivity index (χ3n) is 2.84. The lowest BCUT2D eigenvalue weighted by atomic mass is 9.96. The van der Waals surface area contributed by atoms with Gasteiger partial charge in [-0.25, -0.2) is 4.39 Å². The Bertz CT molecular complexity index is 638. The summed E-state index contributed by atoms with van der Waals surface area (Å²) in [6, 6.07) is 9.14. The van der Waals surface area contributed by atoms with Crippen molar-refractivity contribution in [3.8, 4) is 11.1 Å².